The Morgan fingerprint density at radius 3 is 2.64 bits per heavy atom. The van der Waals surface area contributed by atoms with Gasteiger partial charge in [0.2, 0.25) is 0 Å². The molecule has 0 unspecified atom stereocenters. The molecular weight excluding hydrogens is 465 g/mol. The summed E-state index contributed by atoms with van der Waals surface area (Å²) in [5.74, 6) is 2.03. The van der Waals surface area contributed by atoms with E-state index in [0.29, 0.717) is 0 Å². The van der Waals surface area contributed by atoms with Crippen molar-refractivity contribution >= 4 is 53.0 Å². The van der Waals surface area contributed by atoms with E-state index in [1.54, 1.807) is 0 Å². The highest BCUT2D eigenvalue weighted by atomic mass is 127. The van der Waals surface area contributed by atoms with Gasteiger partial charge in [0.15, 0.2) is 5.96 Å². The molecule has 2 rings (SSSR count). The highest BCUT2D eigenvalue weighted by Crippen LogP contribution is 2.34. The molecule has 1 fully saturated rings. The summed E-state index contributed by atoms with van der Waals surface area (Å²) in [6.45, 7) is 10.3. The van der Waals surface area contributed by atoms with Crippen molar-refractivity contribution in [2.75, 3.05) is 39.1 Å². The second-order valence-corrected chi connectivity index (χ2v) is 9.55. The Morgan fingerprint density at radius 2 is 2.08 bits per heavy atom. The average Bonchev–Trinajstić information content (AvgIpc) is 3.11. The highest BCUT2D eigenvalue weighted by Gasteiger charge is 2.33. The Balaban J connectivity index is 0.00000312. The van der Waals surface area contributed by atoms with E-state index in [9.17, 15) is 0 Å². The van der Waals surface area contributed by atoms with Gasteiger partial charge in [0.05, 0.1) is 0 Å². The molecule has 0 aromatic carbocycles. The summed E-state index contributed by atoms with van der Waals surface area (Å²) in [4.78, 5) is 5.80. The van der Waals surface area contributed by atoms with Gasteiger partial charge in [-0.15, -0.1) is 35.3 Å². The number of halogens is 1. The molecule has 0 amide bonds. The SMILES string of the molecule is CCSC1(CNC(=NC)NCC(C)(C)c2cccs2)CCOCC1.I. The van der Waals surface area contributed by atoms with Crippen LogP contribution < -0.4 is 10.6 Å². The number of nitrogens with zero attached hydrogens (tertiary/aromatic N) is 1. The van der Waals surface area contributed by atoms with Gasteiger partial charge in [0.1, 0.15) is 0 Å². The first-order valence-corrected chi connectivity index (χ1v) is 10.6. The van der Waals surface area contributed by atoms with Crippen LogP contribution in [0, 0.1) is 0 Å². The first-order valence-electron chi connectivity index (χ1n) is 8.71. The van der Waals surface area contributed by atoms with E-state index in [4.69, 9.17) is 4.74 Å². The van der Waals surface area contributed by atoms with Gasteiger partial charge in [-0.3, -0.25) is 4.99 Å². The Hall–Kier alpha value is 0.01000. The standard InChI is InChI=1S/C18H31N3OS2.HI/c1-5-24-18(8-10-22-11-9-18)14-21-16(19-4)20-13-17(2,3)15-7-6-12-23-15;/h6-7,12H,5,8-11,13-14H2,1-4H3,(H2,19,20,21);1H. The minimum atomic E-state index is 0. The van der Waals surface area contributed by atoms with Crippen LogP contribution in [0.25, 0.3) is 0 Å². The van der Waals surface area contributed by atoms with Crippen molar-refractivity contribution in [2.24, 2.45) is 4.99 Å². The predicted octanol–water partition coefficient (Wildman–Crippen LogP) is 4.11. The topological polar surface area (TPSA) is 45.7 Å². The van der Waals surface area contributed by atoms with Gasteiger partial charge in [-0.05, 0) is 30.0 Å². The van der Waals surface area contributed by atoms with Crippen LogP contribution in [0.4, 0.5) is 0 Å². The molecule has 1 aromatic heterocycles. The molecule has 0 bridgehead atoms. The van der Waals surface area contributed by atoms with Gasteiger partial charge in [-0.25, -0.2) is 0 Å². The van der Waals surface area contributed by atoms with Crippen molar-refractivity contribution in [3.63, 3.8) is 0 Å². The van der Waals surface area contributed by atoms with Gasteiger partial charge in [0.25, 0.3) is 0 Å². The highest BCUT2D eigenvalue weighted by molar-refractivity contribution is 14.0. The number of guanidine groups is 1. The molecule has 2 N–H and O–H groups in total. The average molecular weight is 498 g/mol. The van der Waals surface area contributed by atoms with Crippen molar-refractivity contribution in [2.45, 2.75) is 43.8 Å². The molecule has 0 aliphatic carbocycles. The first-order chi connectivity index (χ1) is 11.5. The molecule has 144 valence electrons. The lowest BCUT2D eigenvalue weighted by Gasteiger charge is -2.37. The summed E-state index contributed by atoms with van der Waals surface area (Å²) >= 11 is 3.86. The maximum atomic E-state index is 5.55. The van der Waals surface area contributed by atoms with Crippen LogP contribution in [0.15, 0.2) is 22.5 Å². The second-order valence-electron chi connectivity index (χ2n) is 6.87. The van der Waals surface area contributed by atoms with E-state index in [2.05, 4.69) is 65.7 Å². The maximum absolute atomic E-state index is 5.55. The third-order valence-corrected chi connectivity index (χ3v) is 7.23. The Bertz CT molecular complexity index is 509. The number of nitrogens with one attached hydrogen (secondary N) is 2. The molecule has 2 heterocycles. The summed E-state index contributed by atoms with van der Waals surface area (Å²) in [5.41, 5.74) is 0.0975. The number of rotatable bonds is 7. The molecule has 0 atom stereocenters. The minimum absolute atomic E-state index is 0. The zero-order valence-electron chi connectivity index (χ0n) is 15.8. The molecule has 1 aromatic rings. The Kier molecular flexibility index (Phi) is 10.1. The van der Waals surface area contributed by atoms with Gasteiger partial charge in [-0.2, -0.15) is 11.8 Å². The molecular formula is C18H32IN3OS2. The maximum Gasteiger partial charge on any atom is 0.191 e. The van der Waals surface area contributed by atoms with Crippen LogP contribution in [0.2, 0.25) is 0 Å². The van der Waals surface area contributed by atoms with Crippen molar-refractivity contribution in [3.8, 4) is 0 Å². The lowest BCUT2D eigenvalue weighted by Crippen LogP contribution is -2.49. The summed E-state index contributed by atoms with van der Waals surface area (Å²) in [7, 11) is 1.84. The quantitative estimate of drug-likeness (QED) is 0.338. The molecule has 0 spiro atoms. The van der Waals surface area contributed by atoms with Crippen LogP contribution in [0.3, 0.4) is 0 Å². The first kappa shape index (κ1) is 23.0. The van der Waals surface area contributed by atoms with Crippen molar-refractivity contribution in [1.29, 1.82) is 0 Å². The molecule has 0 radical (unpaired) electrons. The fourth-order valence-corrected chi connectivity index (χ4v) is 5.04. The number of hydrogen-bond acceptors (Lipinski definition) is 4. The number of hydrogen-bond donors (Lipinski definition) is 2. The van der Waals surface area contributed by atoms with Crippen LogP contribution in [-0.4, -0.2) is 49.8 Å². The van der Waals surface area contributed by atoms with Crippen LogP contribution in [0.5, 0.6) is 0 Å². The summed E-state index contributed by atoms with van der Waals surface area (Å²) in [6.07, 6.45) is 2.21. The number of aliphatic imine (C=N–C) groups is 1. The van der Waals surface area contributed by atoms with Gasteiger partial charge in [-0.1, -0.05) is 26.8 Å². The van der Waals surface area contributed by atoms with Gasteiger partial charge < -0.3 is 15.4 Å². The number of thioether (sulfide) groups is 1. The Morgan fingerprint density at radius 1 is 1.36 bits per heavy atom. The van der Waals surface area contributed by atoms with E-state index >= 15 is 0 Å². The molecule has 4 nitrogen and oxygen atoms in total. The lowest BCUT2D eigenvalue weighted by atomic mass is 9.91. The van der Waals surface area contributed by atoms with Crippen LogP contribution >= 0.6 is 47.1 Å². The lowest BCUT2D eigenvalue weighted by molar-refractivity contribution is 0.0782. The minimum Gasteiger partial charge on any atom is -0.381 e. The van der Waals surface area contributed by atoms with E-state index < -0.39 is 0 Å². The summed E-state index contributed by atoms with van der Waals surface area (Å²) in [5, 5.41) is 9.19. The Labute approximate surface area is 178 Å². The van der Waals surface area contributed by atoms with Crippen LogP contribution in [-0.2, 0) is 10.2 Å². The zero-order valence-corrected chi connectivity index (χ0v) is 19.7. The van der Waals surface area contributed by atoms with Crippen molar-refractivity contribution in [3.05, 3.63) is 22.4 Å². The van der Waals surface area contributed by atoms with E-state index in [1.165, 1.54) is 4.88 Å². The van der Waals surface area contributed by atoms with Crippen LogP contribution in [0.1, 0.15) is 38.5 Å². The summed E-state index contributed by atoms with van der Waals surface area (Å²) < 4.78 is 5.82. The molecule has 1 saturated heterocycles. The molecule has 7 heteroatoms. The van der Waals surface area contributed by atoms with E-state index in [1.807, 2.05) is 18.4 Å². The van der Waals surface area contributed by atoms with Gasteiger partial charge in [0, 0.05) is 48.4 Å². The molecule has 0 saturated carbocycles. The van der Waals surface area contributed by atoms with Gasteiger partial charge >= 0.3 is 0 Å². The predicted molar refractivity (Wildman–Crippen MR) is 123 cm³/mol. The molecule has 1 aliphatic rings. The largest absolute Gasteiger partial charge is 0.381 e. The molecule has 25 heavy (non-hydrogen) atoms. The summed E-state index contributed by atoms with van der Waals surface area (Å²) in [6, 6.07) is 4.32. The van der Waals surface area contributed by atoms with Crippen molar-refractivity contribution < 1.29 is 4.74 Å². The van der Waals surface area contributed by atoms with E-state index in [0.717, 1.165) is 50.9 Å². The third-order valence-electron chi connectivity index (χ3n) is 4.54. The smallest absolute Gasteiger partial charge is 0.191 e. The monoisotopic (exact) mass is 497 g/mol. The normalized spacial score (nSPS) is 17.7. The zero-order chi connectivity index (χ0) is 17.5. The van der Waals surface area contributed by atoms with E-state index in [-0.39, 0.29) is 34.1 Å². The fraction of sp³-hybridized carbons (Fsp3) is 0.722. The number of thiophene rings is 1. The third kappa shape index (κ3) is 6.92. The fourth-order valence-electron chi connectivity index (χ4n) is 2.94. The number of ether oxygens (including phenoxy) is 1. The second kappa shape index (κ2) is 11.0. The molecule has 1 aliphatic heterocycles. The van der Waals surface area contributed by atoms with Crippen molar-refractivity contribution in [1.82, 2.24) is 10.6 Å².